The van der Waals surface area contributed by atoms with Crippen molar-refractivity contribution in [1.29, 1.82) is 0 Å². The minimum absolute atomic E-state index is 0.775. The van der Waals surface area contributed by atoms with Gasteiger partial charge in [0.25, 0.3) is 0 Å². The van der Waals surface area contributed by atoms with Crippen molar-refractivity contribution in [3.63, 3.8) is 0 Å². The number of nitrogens with zero attached hydrogens (tertiary/aromatic N) is 2. The molecule has 0 atom stereocenters. The molecule has 1 heterocycles. The van der Waals surface area contributed by atoms with Gasteiger partial charge in [0.1, 0.15) is 0 Å². The Hall–Kier alpha value is -1.70. The molecular weight excluding hydrogens is 172 g/mol. The molecule has 0 fully saturated rings. The molecule has 0 aromatic carbocycles. The van der Waals surface area contributed by atoms with Crippen molar-refractivity contribution in [1.82, 2.24) is 4.98 Å². The summed E-state index contributed by atoms with van der Waals surface area (Å²) in [7, 11) is 0. The van der Waals surface area contributed by atoms with E-state index in [-0.39, 0.29) is 0 Å². The van der Waals surface area contributed by atoms with E-state index in [0.717, 1.165) is 23.5 Å². The van der Waals surface area contributed by atoms with Crippen LogP contribution >= 0.6 is 0 Å². The Morgan fingerprint density at radius 2 is 2.36 bits per heavy atom. The Morgan fingerprint density at radius 3 is 2.86 bits per heavy atom. The normalized spacial score (nSPS) is 11.1. The predicted octanol–water partition coefficient (Wildman–Crippen LogP) is 2.98. The first kappa shape index (κ1) is 10.4. The van der Waals surface area contributed by atoms with Crippen molar-refractivity contribution < 1.29 is 0 Å². The van der Waals surface area contributed by atoms with Crippen LogP contribution in [-0.4, -0.2) is 10.7 Å². The average molecular weight is 186 g/mol. The molecule has 0 bridgehead atoms. The third kappa shape index (κ3) is 2.66. The maximum atomic E-state index is 4.33. The van der Waals surface area contributed by atoms with Gasteiger partial charge in [-0.05, 0) is 24.6 Å². The summed E-state index contributed by atoms with van der Waals surface area (Å²) in [6.07, 6.45) is 4.27. The SMILES string of the molecule is C=CC(=NC(=C)CC)c1ccccn1. The van der Waals surface area contributed by atoms with Crippen molar-refractivity contribution in [2.75, 3.05) is 0 Å². The standard InChI is InChI=1S/C12H14N2/c1-4-10(3)14-11(5-2)12-8-6-7-9-13-12/h5-9H,2-4H2,1H3. The first-order valence-electron chi connectivity index (χ1n) is 4.58. The van der Waals surface area contributed by atoms with Gasteiger partial charge >= 0.3 is 0 Å². The molecule has 0 N–H and O–H groups in total. The molecular formula is C12H14N2. The zero-order valence-electron chi connectivity index (χ0n) is 8.40. The first-order valence-corrected chi connectivity index (χ1v) is 4.58. The van der Waals surface area contributed by atoms with Gasteiger partial charge in [-0.15, -0.1) is 0 Å². The monoisotopic (exact) mass is 186 g/mol. The highest BCUT2D eigenvalue weighted by atomic mass is 14.8. The molecule has 0 spiro atoms. The van der Waals surface area contributed by atoms with E-state index in [4.69, 9.17) is 0 Å². The number of rotatable bonds is 4. The van der Waals surface area contributed by atoms with Crippen LogP contribution in [0, 0.1) is 0 Å². The number of pyridine rings is 1. The van der Waals surface area contributed by atoms with E-state index in [1.54, 1.807) is 12.3 Å². The maximum absolute atomic E-state index is 4.33. The van der Waals surface area contributed by atoms with Crippen LogP contribution < -0.4 is 0 Å². The largest absolute Gasteiger partial charge is 0.255 e. The first-order chi connectivity index (χ1) is 6.77. The second-order valence-corrected chi connectivity index (χ2v) is 2.84. The second-order valence-electron chi connectivity index (χ2n) is 2.84. The quantitative estimate of drug-likeness (QED) is 0.663. The number of aromatic nitrogens is 1. The highest BCUT2D eigenvalue weighted by Gasteiger charge is 1.99. The smallest absolute Gasteiger partial charge is 0.0886 e. The minimum Gasteiger partial charge on any atom is -0.255 e. The molecule has 2 heteroatoms. The van der Waals surface area contributed by atoms with Gasteiger partial charge in [-0.1, -0.05) is 26.1 Å². The van der Waals surface area contributed by atoms with Gasteiger partial charge in [0.05, 0.1) is 11.4 Å². The Labute approximate surface area is 84.7 Å². The van der Waals surface area contributed by atoms with E-state index in [1.165, 1.54) is 0 Å². The lowest BCUT2D eigenvalue weighted by Crippen LogP contribution is -1.99. The van der Waals surface area contributed by atoms with Crippen LogP contribution in [0.2, 0.25) is 0 Å². The molecule has 0 unspecified atom stereocenters. The summed E-state index contributed by atoms with van der Waals surface area (Å²) in [5.41, 5.74) is 2.44. The molecule has 14 heavy (non-hydrogen) atoms. The van der Waals surface area contributed by atoms with Crippen LogP contribution in [0.4, 0.5) is 0 Å². The van der Waals surface area contributed by atoms with Gasteiger partial charge in [0.15, 0.2) is 0 Å². The Balaban J connectivity index is 2.99. The fourth-order valence-electron chi connectivity index (χ4n) is 0.971. The predicted molar refractivity (Wildman–Crippen MR) is 60.4 cm³/mol. The third-order valence-electron chi connectivity index (χ3n) is 1.81. The summed E-state index contributed by atoms with van der Waals surface area (Å²) >= 11 is 0. The molecule has 0 aliphatic rings. The van der Waals surface area contributed by atoms with E-state index >= 15 is 0 Å². The number of hydrogen-bond donors (Lipinski definition) is 0. The van der Waals surface area contributed by atoms with Gasteiger partial charge in [-0.3, -0.25) is 9.98 Å². The van der Waals surface area contributed by atoms with Crippen LogP contribution in [0.1, 0.15) is 19.0 Å². The average Bonchev–Trinajstić information content (AvgIpc) is 2.26. The molecule has 0 saturated carbocycles. The zero-order valence-corrected chi connectivity index (χ0v) is 8.40. The summed E-state index contributed by atoms with van der Waals surface area (Å²) in [4.78, 5) is 8.52. The fourth-order valence-corrected chi connectivity index (χ4v) is 0.971. The maximum Gasteiger partial charge on any atom is 0.0886 e. The molecule has 0 aliphatic heterocycles. The van der Waals surface area contributed by atoms with Crippen molar-refractivity contribution in [2.45, 2.75) is 13.3 Å². The van der Waals surface area contributed by atoms with E-state index in [1.807, 2.05) is 25.1 Å². The van der Waals surface area contributed by atoms with E-state index in [2.05, 4.69) is 23.1 Å². The van der Waals surface area contributed by atoms with Crippen LogP contribution in [-0.2, 0) is 0 Å². The van der Waals surface area contributed by atoms with Crippen LogP contribution in [0.3, 0.4) is 0 Å². The van der Waals surface area contributed by atoms with Gasteiger partial charge in [0.2, 0.25) is 0 Å². The van der Waals surface area contributed by atoms with Crippen molar-refractivity contribution in [3.05, 3.63) is 55.0 Å². The van der Waals surface area contributed by atoms with Crippen LogP contribution in [0.5, 0.6) is 0 Å². The van der Waals surface area contributed by atoms with Gasteiger partial charge in [-0.2, -0.15) is 0 Å². The number of hydrogen-bond acceptors (Lipinski definition) is 2. The third-order valence-corrected chi connectivity index (χ3v) is 1.81. The van der Waals surface area contributed by atoms with Gasteiger partial charge < -0.3 is 0 Å². The molecule has 0 amide bonds. The van der Waals surface area contributed by atoms with Gasteiger partial charge in [-0.25, -0.2) is 0 Å². The van der Waals surface area contributed by atoms with Gasteiger partial charge in [0, 0.05) is 11.9 Å². The fraction of sp³-hybridized carbons (Fsp3) is 0.167. The van der Waals surface area contributed by atoms with E-state index in [9.17, 15) is 0 Å². The summed E-state index contributed by atoms with van der Waals surface area (Å²) in [5.74, 6) is 0. The summed E-state index contributed by atoms with van der Waals surface area (Å²) in [6.45, 7) is 9.56. The van der Waals surface area contributed by atoms with E-state index in [0.29, 0.717) is 0 Å². The summed E-state index contributed by atoms with van der Waals surface area (Å²) in [5, 5.41) is 0. The van der Waals surface area contributed by atoms with Crippen LogP contribution in [0.25, 0.3) is 0 Å². The van der Waals surface area contributed by atoms with Crippen molar-refractivity contribution in [2.24, 2.45) is 4.99 Å². The molecule has 0 aliphatic carbocycles. The highest BCUT2D eigenvalue weighted by molar-refractivity contribution is 6.07. The highest BCUT2D eigenvalue weighted by Crippen LogP contribution is 2.04. The molecule has 1 aromatic heterocycles. The molecule has 1 rings (SSSR count). The topological polar surface area (TPSA) is 25.2 Å². The number of aliphatic imine (C=N–C) groups is 1. The van der Waals surface area contributed by atoms with Crippen molar-refractivity contribution >= 4 is 5.71 Å². The molecule has 72 valence electrons. The molecule has 1 aromatic rings. The van der Waals surface area contributed by atoms with E-state index < -0.39 is 0 Å². The lowest BCUT2D eigenvalue weighted by molar-refractivity contribution is 1.08. The van der Waals surface area contributed by atoms with Crippen LogP contribution in [0.15, 0.2) is 54.3 Å². The molecule has 2 nitrogen and oxygen atoms in total. The lowest BCUT2D eigenvalue weighted by atomic mass is 10.2. The second kappa shape index (κ2) is 5.12. The lowest BCUT2D eigenvalue weighted by Gasteiger charge is -2.00. The van der Waals surface area contributed by atoms with Crippen molar-refractivity contribution in [3.8, 4) is 0 Å². The summed E-state index contributed by atoms with van der Waals surface area (Å²) < 4.78 is 0. The number of allylic oxidation sites excluding steroid dienone is 2. The zero-order chi connectivity index (χ0) is 10.4. The Kier molecular flexibility index (Phi) is 3.80. The Morgan fingerprint density at radius 1 is 1.57 bits per heavy atom. The minimum atomic E-state index is 0.775. The Bertz CT molecular complexity index is 350. The summed E-state index contributed by atoms with van der Waals surface area (Å²) in [6, 6.07) is 5.71. The molecule has 0 radical (unpaired) electrons. The molecule has 0 saturated heterocycles.